The number of aromatic carboxylic acids is 2. The summed E-state index contributed by atoms with van der Waals surface area (Å²) < 4.78 is 23.9. The fourth-order valence-electron chi connectivity index (χ4n) is 9.31. The monoisotopic (exact) mass is 896 g/mol. The molecule has 0 fully saturated rings. The van der Waals surface area contributed by atoms with Crippen molar-refractivity contribution in [1.82, 2.24) is 0 Å². The summed E-state index contributed by atoms with van der Waals surface area (Å²) >= 11 is 0. The minimum Gasteiger partial charge on any atom is -0.496 e. The molecule has 0 amide bonds. The minimum atomic E-state index is -0.974. The van der Waals surface area contributed by atoms with Crippen molar-refractivity contribution in [2.45, 2.75) is 73.1 Å². The highest BCUT2D eigenvalue weighted by atomic mass is 16.5. The van der Waals surface area contributed by atoms with Gasteiger partial charge in [0, 0.05) is 19.3 Å². The molecule has 1 atom stereocenters. The number of carboxylic acid groups (broad SMARTS) is 2. The van der Waals surface area contributed by atoms with Gasteiger partial charge in [-0.25, -0.2) is 9.59 Å². The smallest absolute Gasteiger partial charge is 0.335 e. The first-order valence-corrected chi connectivity index (χ1v) is 22.6. The van der Waals surface area contributed by atoms with E-state index in [1.807, 2.05) is 37.3 Å². The molecule has 67 heavy (non-hydrogen) atoms. The molecule has 8 nitrogen and oxygen atoms in total. The Balaban J connectivity index is 1.16. The third kappa shape index (κ3) is 10.5. The first-order valence-electron chi connectivity index (χ1n) is 22.6. The second-order valence-electron chi connectivity index (χ2n) is 17.7. The van der Waals surface area contributed by atoms with Crippen LogP contribution in [0.1, 0.15) is 106 Å². The predicted molar refractivity (Wildman–Crippen MR) is 267 cm³/mol. The first kappa shape index (κ1) is 47.6. The third-order valence-electron chi connectivity index (χ3n) is 13.1. The van der Waals surface area contributed by atoms with Crippen molar-refractivity contribution >= 4 is 11.9 Å². The van der Waals surface area contributed by atoms with Gasteiger partial charge in [0.05, 0.1) is 39.6 Å². The zero-order chi connectivity index (χ0) is 48.1. The van der Waals surface area contributed by atoms with E-state index < -0.39 is 11.9 Å². The highest BCUT2D eigenvalue weighted by Gasteiger charge is 2.21. The van der Waals surface area contributed by atoms with Gasteiger partial charge in [0.2, 0.25) is 0 Å². The molecule has 1 unspecified atom stereocenters. The molecule has 7 aromatic carbocycles. The van der Waals surface area contributed by atoms with Crippen molar-refractivity contribution < 1.29 is 38.7 Å². The number of carbonyl (C=O) groups is 2. The van der Waals surface area contributed by atoms with Gasteiger partial charge in [0.25, 0.3) is 0 Å². The molecule has 0 radical (unpaired) electrons. The summed E-state index contributed by atoms with van der Waals surface area (Å²) in [6.07, 6.45) is 2.75. The van der Waals surface area contributed by atoms with Crippen LogP contribution in [0.15, 0.2) is 115 Å². The van der Waals surface area contributed by atoms with Crippen molar-refractivity contribution in [3.05, 3.63) is 199 Å². The molecule has 0 aliphatic rings. The van der Waals surface area contributed by atoms with E-state index in [1.54, 1.807) is 52.7 Å². The Morgan fingerprint density at radius 3 is 1.33 bits per heavy atom. The Hall–Kier alpha value is -7.32. The van der Waals surface area contributed by atoms with E-state index in [-0.39, 0.29) is 17.0 Å². The van der Waals surface area contributed by atoms with Gasteiger partial charge in [-0.15, -0.1) is 0 Å². The molecule has 0 saturated carbocycles. The molecule has 0 bridgehead atoms. The highest BCUT2D eigenvalue weighted by molar-refractivity contribution is 5.89. The molecule has 0 aliphatic heterocycles. The van der Waals surface area contributed by atoms with E-state index in [0.717, 1.165) is 96.2 Å². The number of hydrogen-bond donors (Lipinski definition) is 2. The maximum Gasteiger partial charge on any atom is 0.335 e. The van der Waals surface area contributed by atoms with Crippen LogP contribution in [0.25, 0.3) is 22.3 Å². The van der Waals surface area contributed by atoms with Crippen LogP contribution in [0, 0.1) is 34.6 Å². The van der Waals surface area contributed by atoms with E-state index in [4.69, 9.17) is 18.9 Å². The van der Waals surface area contributed by atoms with Crippen LogP contribution in [0.4, 0.5) is 0 Å². The molecular weight excluding hydrogens is 837 g/mol. The molecule has 344 valence electrons. The van der Waals surface area contributed by atoms with Crippen molar-refractivity contribution in [3.63, 3.8) is 0 Å². The van der Waals surface area contributed by atoms with Crippen LogP contribution in [0.2, 0.25) is 0 Å². The standard InChI is InChI=1S/C59H60O8/c1-34-11-20-54(64-7)48(21-34)27-44-31-55(65-8)49(22-35(44)2)28-45-32-56(66-9)50(23-36(45)3)29-46-33-57(67-10)52(25-37(46)4)38(5)24-47-30-51(40-12-16-42(17-13-40)58(60)61)39(6)26-53(47)41-14-18-43(19-15-41)59(62)63/h11-23,25-26,30-33,38H,24,27-29H2,1-10H3,(H,60,61)(H,62,63). The van der Waals surface area contributed by atoms with Gasteiger partial charge in [-0.05, 0) is 185 Å². The summed E-state index contributed by atoms with van der Waals surface area (Å²) in [4.78, 5) is 23.3. The maximum atomic E-state index is 11.7. The summed E-state index contributed by atoms with van der Waals surface area (Å²) in [6, 6.07) is 37.7. The Labute approximate surface area is 394 Å². The van der Waals surface area contributed by atoms with Crippen molar-refractivity contribution in [3.8, 4) is 45.3 Å². The lowest BCUT2D eigenvalue weighted by Gasteiger charge is -2.22. The largest absolute Gasteiger partial charge is 0.496 e. The topological polar surface area (TPSA) is 112 Å². The Kier molecular flexibility index (Phi) is 14.5. The molecule has 0 saturated heterocycles. The van der Waals surface area contributed by atoms with Crippen LogP contribution >= 0.6 is 0 Å². The number of hydrogen-bond acceptors (Lipinski definition) is 6. The summed E-state index contributed by atoms with van der Waals surface area (Å²) in [5.74, 6) is 1.45. The van der Waals surface area contributed by atoms with E-state index in [1.165, 1.54) is 27.8 Å². The lowest BCUT2D eigenvalue weighted by molar-refractivity contribution is 0.0686. The zero-order valence-corrected chi connectivity index (χ0v) is 40.2. The van der Waals surface area contributed by atoms with Crippen LogP contribution in [0.3, 0.4) is 0 Å². The number of carboxylic acids is 2. The lowest BCUT2D eigenvalue weighted by atomic mass is 9.84. The highest BCUT2D eigenvalue weighted by Crippen LogP contribution is 2.39. The quantitative estimate of drug-likeness (QED) is 0.0930. The second-order valence-corrected chi connectivity index (χ2v) is 17.7. The molecule has 0 spiro atoms. The molecule has 0 aromatic heterocycles. The van der Waals surface area contributed by atoms with Crippen LogP contribution < -0.4 is 18.9 Å². The van der Waals surface area contributed by atoms with Gasteiger partial charge < -0.3 is 29.2 Å². The van der Waals surface area contributed by atoms with Gasteiger partial charge in [-0.2, -0.15) is 0 Å². The third-order valence-corrected chi connectivity index (χ3v) is 13.1. The number of benzene rings is 7. The maximum absolute atomic E-state index is 11.7. The van der Waals surface area contributed by atoms with Crippen LogP contribution in [0.5, 0.6) is 23.0 Å². The van der Waals surface area contributed by atoms with E-state index in [2.05, 4.69) is 95.3 Å². The second kappa shape index (κ2) is 20.5. The molecule has 7 rings (SSSR count). The van der Waals surface area contributed by atoms with Gasteiger partial charge >= 0.3 is 11.9 Å². The average molecular weight is 897 g/mol. The summed E-state index contributed by atoms with van der Waals surface area (Å²) in [5, 5.41) is 19.1. The number of ether oxygens (including phenoxy) is 4. The minimum absolute atomic E-state index is 0.0285. The summed E-state index contributed by atoms with van der Waals surface area (Å²) in [7, 11) is 6.89. The van der Waals surface area contributed by atoms with E-state index >= 15 is 0 Å². The number of methoxy groups -OCH3 is 4. The number of aryl methyl sites for hydroxylation is 5. The van der Waals surface area contributed by atoms with Gasteiger partial charge in [-0.1, -0.05) is 79.2 Å². The van der Waals surface area contributed by atoms with Gasteiger partial charge in [0.15, 0.2) is 0 Å². The average Bonchev–Trinajstić information content (AvgIpc) is 3.31. The lowest BCUT2D eigenvalue weighted by Crippen LogP contribution is -2.06. The van der Waals surface area contributed by atoms with Crippen molar-refractivity contribution in [2.75, 3.05) is 28.4 Å². The van der Waals surface area contributed by atoms with Gasteiger partial charge in [-0.3, -0.25) is 0 Å². The summed E-state index contributed by atoms with van der Waals surface area (Å²) in [6.45, 7) is 12.8. The number of rotatable bonds is 17. The molecule has 8 heteroatoms. The van der Waals surface area contributed by atoms with Crippen molar-refractivity contribution in [2.24, 2.45) is 0 Å². The molecule has 2 N–H and O–H groups in total. The van der Waals surface area contributed by atoms with Gasteiger partial charge in [0.1, 0.15) is 23.0 Å². The molecule has 0 aliphatic carbocycles. The van der Waals surface area contributed by atoms with Crippen LogP contribution in [-0.2, 0) is 25.7 Å². The Morgan fingerprint density at radius 2 is 0.866 bits per heavy atom. The van der Waals surface area contributed by atoms with E-state index in [9.17, 15) is 19.8 Å². The van der Waals surface area contributed by atoms with Crippen LogP contribution in [-0.4, -0.2) is 50.6 Å². The zero-order valence-electron chi connectivity index (χ0n) is 40.2. The SMILES string of the molecule is COc1ccc(C)cc1Cc1cc(OC)c(Cc2cc(OC)c(Cc3cc(OC)c(C(C)Cc4cc(-c5ccc(C(=O)O)cc5)c(C)cc4-c4ccc(C(=O)O)cc4)cc3C)cc2C)cc1C. The first-order chi connectivity index (χ1) is 32.1. The van der Waals surface area contributed by atoms with E-state index in [0.29, 0.717) is 19.3 Å². The Bertz CT molecular complexity index is 2960. The molecular formula is C59H60O8. The fraction of sp³-hybridized carbons (Fsp3) is 0.254. The normalized spacial score (nSPS) is 11.6. The predicted octanol–water partition coefficient (Wildman–Crippen LogP) is 13.1. The molecule has 7 aromatic rings. The summed E-state index contributed by atoms with van der Waals surface area (Å²) in [5.41, 5.74) is 19.0. The molecule has 0 heterocycles. The van der Waals surface area contributed by atoms with Crippen molar-refractivity contribution in [1.29, 1.82) is 0 Å². The fourth-order valence-corrected chi connectivity index (χ4v) is 9.31. The Morgan fingerprint density at radius 1 is 0.433 bits per heavy atom.